The largest absolute Gasteiger partial charge is 0.344 e. The zero-order valence-electron chi connectivity index (χ0n) is 10.4. The van der Waals surface area contributed by atoms with Crippen LogP contribution in [0.1, 0.15) is 44.8 Å². The number of amides is 1. The summed E-state index contributed by atoms with van der Waals surface area (Å²) in [6, 6.07) is 2.25. The number of thiophene rings is 1. The summed E-state index contributed by atoms with van der Waals surface area (Å²) in [5.74, 6) is -0.0972. The van der Waals surface area contributed by atoms with Gasteiger partial charge in [-0.2, -0.15) is 0 Å². The van der Waals surface area contributed by atoms with Crippen LogP contribution in [0.15, 0.2) is 16.8 Å². The van der Waals surface area contributed by atoms with Crippen LogP contribution >= 0.6 is 22.7 Å². The van der Waals surface area contributed by atoms with Crippen molar-refractivity contribution in [2.45, 2.75) is 31.8 Å². The van der Waals surface area contributed by atoms with E-state index in [1.165, 1.54) is 21.8 Å². The van der Waals surface area contributed by atoms with E-state index in [9.17, 15) is 4.79 Å². The molecule has 3 N–H and O–H groups in total. The first-order chi connectivity index (χ1) is 9.28. The van der Waals surface area contributed by atoms with E-state index < -0.39 is 0 Å². The molecule has 1 amide bonds. The highest BCUT2D eigenvalue weighted by Gasteiger charge is 2.23. The van der Waals surface area contributed by atoms with Crippen molar-refractivity contribution >= 4 is 28.6 Å². The zero-order chi connectivity index (χ0) is 13.2. The number of hydrogen-bond acceptors (Lipinski definition) is 5. The third kappa shape index (κ3) is 2.56. The Hall–Kier alpha value is -1.24. The minimum Gasteiger partial charge on any atom is -0.344 e. The number of carbonyl (C=O) groups is 1. The summed E-state index contributed by atoms with van der Waals surface area (Å²) in [6.45, 7) is 0.385. The minimum absolute atomic E-state index is 0.0972. The number of aryl methyl sites for hydroxylation is 1. The van der Waals surface area contributed by atoms with Crippen molar-refractivity contribution in [1.29, 1.82) is 0 Å². The lowest BCUT2D eigenvalue weighted by Gasteiger charge is -2.23. The van der Waals surface area contributed by atoms with Crippen molar-refractivity contribution in [2.24, 2.45) is 5.73 Å². The van der Waals surface area contributed by atoms with E-state index in [1.54, 1.807) is 16.7 Å². The molecule has 2 heterocycles. The Kier molecular flexibility index (Phi) is 3.63. The number of nitrogens with two attached hydrogens (primary N) is 1. The summed E-state index contributed by atoms with van der Waals surface area (Å²) in [5, 5.41) is 7.76. The second kappa shape index (κ2) is 5.40. The van der Waals surface area contributed by atoms with Gasteiger partial charge in [0.2, 0.25) is 0 Å². The summed E-state index contributed by atoms with van der Waals surface area (Å²) in [6.07, 6.45) is 3.26. The molecular formula is C13H15N3OS2. The molecule has 4 nitrogen and oxygen atoms in total. The fourth-order valence-corrected chi connectivity index (χ4v) is 4.02. The van der Waals surface area contributed by atoms with Crippen LogP contribution in [-0.2, 0) is 13.0 Å². The molecule has 0 radical (unpaired) electrons. The molecule has 3 rings (SSSR count). The second-order valence-corrected chi connectivity index (χ2v) is 6.49. The molecule has 19 heavy (non-hydrogen) atoms. The second-order valence-electron chi connectivity index (χ2n) is 4.55. The highest BCUT2D eigenvalue weighted by atomic mass is 32.1. The Bertz CT molecular complexity index is 590. The van der Waals surface area contributed by atoms with Crippen LogP contribution in [0.4, 0.5) is 0 Å². The fraction of sp³-hybridized carbons (Fsp3) is 0.385. The van der Waals surface area contributed by atoms with Crippen LogP contribution in [-0.4, -0.2) is 10.9 Å². The van der Waals surface area contributed by atoms with Gasteiger partial charge in [-0.25, -0.2) is 4.98 Å². The summed E-state index contributed by atoms with van der Waals surface area (Å²) in [5.41, 5.74) is 7.27. The fourth-order valence-electron chi connectivity index (χ4n) is 2.38. The van der Waals surface area contributed by atoms with E-state index in [4.69, 9.17) is 5.73 Å². The lowest BCUT2D eigenvalue weighted by atomic mass is 9.94. The first kappa shape index (κ1) is 12.8. The molecule has 2 aromatic rings. The zero-order valence-corrected chi connectivity index (χ0v) is 12.0. The SMILES string of the molecule is NCc1nc(C(=O)NC2CCCc3sccc32)cs1. The Morgan fingerprint density at radius 1 is 1.53 bits per heavy atom. The van der Waals surface area contributed by atoms with Crippen molar-refractivity contribution in [3.8, 4) is 0 Å². The predicted molar refractivity (Wildman–Crippen MR) is 77.5 cm³/mol. The molecule has 0 saturated carbocycles. The molecule has 100 valence electrons. The number of carbonyl (C=O) groups excluding carboxylic acids is 1. The standard InChI is InChI=1S/C13H15N3OS2/c14-6-12-15-10(7-19-12)13(17)16-9-2-1-3-11-8(9)4-5-18-11/h4-5,7,9H,1-3,6,14H2,(H,16,17). The normalized spacial score (nSPS) is 18.1. The van der Waals surface area contributed by atoms with Crippen molar-refractivity contribution < 1.29 is 4.79 Å². The maximum absolute atomic E-state index is 12.2. The maximum atomic E-state index is 12.2. The molecule has 1 aliphatic carbocycles. The van der Waals surface area contributed by atoms with Gasteiger partial charge in [-0.1, -0.05) is 0 Å². The molecule has 1 atom stereocenters. The number of nitrogens with zero attached hydrogens (tertiary/aromatic N) is 1. The average Bonchev–Trinajstić information content (AvgIpc) is 3.08. The third-order valence-electron chi connectivity index (χ3n) is 3.32. The molecule has 1 aliphatic rings. The van der Waals surface area contributed by atoms with Crippen LogP contribution in [0, 0.1) is 0 Å². The van der Waals surface area contributed by atoms with Crippen molar-refractivity contribution in [3.63, 3.8) is 0 Å². The minimum atomic E-state index is -0.0972. The van der Waals surface area contributed by atoms with Crippen LogP contribution in [0.3, 0.4) is 0 Å². The molecule has 6 heteroatoms. The Balaban J connectivity index is 1.74. The quantitative estimate of drug-likeness (QED) is 0.913. The Morgan fingerprint density at radius 2 is 2.42 bits per heavy atom. The molecule has 0 fully saturated rings. The van der Waals surface area contributed by atoms with Gasteiger partial charge < -0.3 is 11.1 Å². The van der Waals surface area contributed by atoms with Gasteiger partial charge in [-0.3, -0.25) is 4.79 Å². The van der Waals surface area contributed by atoms with Gasteiger partial charge in [0.05, 0.1) is 6.04 Å². The van der Waals surface area contributed by atoms with Crippen molar-refractivity contribution in [1.82, 2.24) is 10.3 Å². The number of thiazole rings is 1. The number of aromatic nitrogens is 1. The van der Waals surface area contributed by atoms with E-state index in [0.29, 0.717) is 12.2 Å². The molecule has 1 unspecified atom stereocenters. The molecule has 2 aromatic heterocycles. The van der Waals surface area contributed by atoms with Gasteiger partial charge in [-0.15, -0.1) is 22.7 Å². The molecular weight excluding hydrogens is 278 g/mol. The Labute approximate surface area is 119 Å². The average molecular weight is 293 g/mol. The van der Waals surface area contributed by atoms with Crippen molar-refractivity contribution in [2.75, 3.05) is 0 Å². The number of rotatable bonds is 3. The monoisotopic (exact) mass is 293 g/mol. The van der Waals surface area contributed by atoms with Crippen LogP contribution < -0.4 is 11.1 Å². The van der Waals surface area contributed by atoms with E-state index in [0.717, 1.165) is 24.3 Å². The topological polar surface area (TPSA) is 68.0 Å². The summed E-state index contributed by atoms with van der Waals surface area (Å²) in [4.78, 5) is 17.8. The molecule has 0 aromatic carbocycles. The van der Waals surface area contributed by atoms with E-state index in [2.05, 4.69) is 21.7 Å². The van der Waals surface area contributed by atoms with Gasteiger partial charge >= 0.3 is 0 Å². The Morgan fingerprint density at radius 3 is 3.21 bits per heavy atom. The lowest BCUT2D eigenvalue weighted by Crippen LogP contribution is -2.30. The van der Waals surface area contributed by atoms with Gasteiger partial charge in [0.15, 0.2) is 0 Å². The smallest absolute Gasteiger partial charge is 0.271 e. The van der Waals surface area contributed by atoms with Crippen molar-refractivity contribution in [3.05, 3.63) is 38.0 Å². The van der Waals surface area contributed by atoms with Crippen LogP contribution in [0.5, 0.6) is 0 Å². The number of hydrogen-bond donors (Lipinski definition) is 2. The third-order valence-corrected chi connectivity index (χ3v) is 5.18. The van der Waals surface area contributed by atoms with E-state index in [-0.39, 0.29) is 11.9 Å². The van der Waals surface area contributed by atoms with E-state index in [1.807, 2.05) is 0 Å². The first-order valence-electron chi connectivity index (χ1n) is 6.29. The molecule has 0 spiro atoms. The van der Waals surface area contributed by atoms with Crippen LogP contribution in [0.25, 0.3) is 0 Å². The van der Waals surface area contributed by atoms with Gasteiger partial charge in [0.25, 0.3) is 5.91 Å². The highest BCUT2D eigenvalue weighted by Crippen LogP contribution is 2.33. The summed E-state index contributed by atoms with van der Waals surface area (Å²) >= 11 is 3.21. The lowest BCUT2D eigenvalue weighted by molar-refractivity contribution is 0.0928. The molecule has 0 aliphatic heterocycles. The van der Waals surface area contributed by atoms with Gasteiger partial charge in [-0.05, 0) is 36.3 Å². The molecule has 0 saturated heterocycles. The number of fused-ring (bicyclic) bond motifs is 1. The summed E-state index contributed by atoms with van der Waals surface area (Å²) in [7, 11) is 0. The highest BCUT2D eigenvalue weighted by molar-refractivity contribution is 7.10. The predicted octanol–water partition coefficient (Wildman–Crippen LogP) is 2.47. The van der Waals surface area contributed by atoms with Crippen LogP contribution in [0.2, 0.25) is 0 Å². The first-order valence-corrected chi connectivity index (χ1v) is 8.05. The summed E-state index contributed by atoms with van der Waals surface area (Å²) < 4.78 is 0. The number of nitrogens with one attached hydrogen (secondary N) is 1. The molecule has 0 bridgehead atoms. The maximum Gasteiger partial charge on any atom is 0.271 e. The van der Waals surface area contributed by atoms with E-state index >= 15 is 0 Å². The van der Waals surface area contributed by atoms with Gasteiger partial charge in [0.1, 0.15) is 10.7 Å². The van der Waals surface area contributed by atoms with Gasteiger partial charge in [0, 0.05) is 16.8 Å².